The minimum absolute atomic E-state index is 0.0173. The number of hydrogen-bond donors (Lipinski definition) is 1. The molecule has 0 aliphatic carbocycles. The lowest BCUT2D eigenvalue weighted by Gasteiger charge is -2.31. The number of hydrogen-bond acceptors (Lipinski definition) is 3. The van der Waals surface area contributed by atoms with Crippen LogP contribution in [0.5, 0.6) is 0 Å². The first kappa shape index (κ1) is 18.7. The Bertz CT molecular complexity index is 516. The monoisotopic (exact) mass is 330 g/mol. The van der Waals surface area contributed by atoms with E-state index in [1.54, 1.807) is 0 Å². The summed E-state index contributed by atoms with van der Waals surface area (Å²) >= 11 is 0. The van der Waals surface area contributed by atoms with Crippen LogP contribution in [0.15, 0.2) is 36.4 Å². The maximum atomic E-state index is 13.0. The van der Waals surface area contributed by atoms with Gasteiger partial charge in [0.25, 0.3) is 0 Å². The molecule has 0 bridgehead atoms. The Morgan fingerprint density at radius 3 is 2.83 bits per heavy atom. The quantitative estimate of drug-likeness (QED) is 0.836. The lowest BCUT2D eigenvalue weighted by atomic mass is 10.1. The van der Waals surface area contributed by atoms with Gasteiger partial charge < -0.3 is 10.0 Å². The first-order chi connectivity index (χ1) is 11.7. The Morgan fingerprint density at radius 2 is 2.08 bits per heavy atom. The molecule has 4 nitrogen and oxygen atoms in total. The minimum Gasteiger partial charge on any atom is -0.396 e. The van der Waals surface area contributed by atoms with Crippen LogP contribution in [-0.2, 0) is 4.79 Å². The van der Waals surface area contributed by atoms with Gasteiger partial charge in [-0.1, -0.05) is 55.3 Å². The molecule has 0 radical (unpaired) electrons. The number of carbonyl (C=O) groups excluding carboxylic acids is 1. The van der Waals surface area contributed by atoms with Crippen molar-refractivity contribution >= 4 is 12.0 Å². The van der Waals surface area contributed by atoms with E-state index in [1.165, 1.54) is 12.8 Å². The molecule has 1 aromatic rings. The first-order valence-electron chi connectivity index (χ1n) is 9.04. The number of aliphatic hydroxyl groups is 1. The maximum absolute atomic E-state index is 13.0. The smallest absolute Gasteiger partial charge is 0.240 e. The number of likely N-dealkylation sites (tertiary alicyclic amines) is 1. The molecule has 132 valence electrons. The number of likely N-dealkylation sites (N-methyl/N-ethyl adjacent to an activating group) is 1. The topological polar surface area (TPSA) is 43.8 Å². The highest BCUT2D eigenvalue weighted by Gasteiger charge is 2.28. The van der Waals surface area contributed by atoms with Crippen molar-refractivity contribution < 1.29 is 9.90 Å². The minimum atomic E-state index is -0.0173. The van der Waals surface area contributed by atoms with Crippen molar-refractivity contribution in [1.29, 1.82) is 0 Å². The second kappa shape index (κ2) is 10.3. The summed E-state index contributed by atoms with van der Waals surface area (Å²) in [4.78, 5) is 17.1. The molecule has 4 heteroatoms. The summed E-state index contributed by atoms with van der Waals surface area (Å²) < 4.78 is 0. The fraction of sp³-hybridized carbons (Fsp3) is 0.550. The van der Waals surface area contributed by atoms with Crippen molar-refractivity contribution in [1.82, 2.24) is 9.80 Å². The second-order valence-corrected chi connectivity index (χ2v) is 6.52. The molecule has 24 heavy (non-hydrogen) atoms. The van der Waals surface area contributed by atoms with Crippen LogP contribution in [0.3, 0.4) is 0 Å². The van der Waals surface area contributed by atoms with Gasteiger partial charge >= 0.3 is 0 Å². The molecule has 0 saturated carbocycles. The van der Waals surface area contributed by atoms with E-state index in [0.717, 1.165) is 24.9 Å². The molecule has 1 saturated heterocycles. The summed E-state index contributed by atoms with van der Waals surface area (Å²) in [6.07, 6.45) is 9.16. The van der Waals surface area contributed by atoms with Crippen LogP contribution in [0, 0.1) is 0 Å². The van der Waals surface area contributed by atoms with Gasteiger partial charge in [-0.25, -0.2) is 0 Å². The fourth-order valence-electron chi connectivity index (χ4n) is 3.21. The summed E-state index contributed by atoms with van der Waals surface area (Å²) in [5.41, 5.74) is 1.14. The molecule has 0 aromatic heterocycles. The molecule has 1 fully saturated rings. The number of amides is 1. The van der Waals surface area contributed by atoms with E-state index in [4.69, 9.17) is 5.11 Å². The average molecular weight is 330 g/mol. The molecule has 1 atom stereocenters. The van der Waals surface area contributed by atoms with Gasteiger partial charge in [-0.05, 0) is 38.4 Å². The average Bonchev–Trinajstić information content (AvgIpc) is 2.82. The molecule has 1 N–H and O–H groups in total. The van der Waals surface area contributed by atoms with Gasteiger partial charge in [0.1, 0.15) is 0 Å². The molecule has 2 rings (SSSR count). The van der Waals surface area contributed by atoms with Crippen LogP contribution < -0.4 is 0 Å². The van der Waals surface area contributed by atoms with Crippen LogP contribution in [0.4, 0.5) is 0 Å². The zero-order valence-corrected chi connectivity index (χ0v) is 14.7. The van der Waals surface area contributed by atoms with Crippen molar-refractivity contribution in [3.05, 3.63) is 42.0 Å². The third-order valence-electron chi connectivity index (χ3n) is 4.64. The molecule has 0 spiro atoms. The molecule has 1 amide bonds. The van der Waals surface area contributed by atoms with E-state index in [2.05, 4.69) is 30.2 Å². The van der Waals surface area contributed by atoms with Crippen molar-refractivity contribution in [2.75, 3.05) is 33.3 Å². The van der Waals surface area contributed by atoms with Crippen LogP contribution in [0.25, 0.3) is 6.08 Å². The Labute approximate surface area is 145 Å². The zero-order valence-electron chi connectivity index (χ0n) is 14.7. The van der Waals surface area contributed by atoms with Crippen LogP contribution in [0.1, 0.15) is 37.7 Å². The van der Waals surface area contributed by atoms with E-state index in [1.807, 2.05) is 29.2 Å². The third-order valence-corrected chi connectivity index (χ3v) is 4.64. The van der Waals surface area contributed by atoms with E-state index in [-0.39, 0.29) is 18.6 Å². The summed E-state index contributed by atoms with van der Waals surface area (Å²) in [6, 6.07) is 10.1. The standard InChI is InChI=1S/C20H30N2O2/c1-21-14-7-3-6-13-19(21)20(24)22(16-9-17-23)15-8-12-18-10-4-2-5-11-18/h2,4-5,8,10-12,19,23H,3,6-7,9,13-17H2,1H3/b12-8+. The number of carbonyl (C=O) groups is 1. The summed E-state index contributed by atoms with van der Waals surface area (Å²) in [7, 11) is 2.05. The highest BCUT2D eigenvalue weighted by Crippen LogP contribution is 2.17. The molecule has 1 heterocycles. The Morgan fingerprint density at radius 1 is 1.29 bits per heavy atom. The summed E-state index contributed by atoms with van der Waals surface area (Å²) in [6.45, 7) is 2.31. The predicted molar refractivity (Wildman–Crippen MR) is 98.6 cm³/mol. The van der Waals surface area contributed by atoms with Crippen LogP contribution in [0.2, 0.25) is 0 Å². The molecular weight excluding hydrogens is 300 g/mol. The molecule has 1 unspecified atom stereocenters. The van der Waals surface area contributed by atoms with Gasteiger partial charge in [0.2, 0.25) is 5.91 Å². The Kier molecular flexibility index (Phi) is 7.99. The molecule has 1 aliphatic rings. The number of rotatable bonds is 7. The summed E-state index contributed by atoms with van der Waals surface area (Å²) in [5, 5.41) is 9.14. The van der Waals surface area contributed by atoms with E-state index in [0.29, 0.717) is 19.5 Å². The zero-order chi connectivity index (χ0) is 17.2. The lowest BCUT2D eigenvalue weighted by Crippen LogP contribution is -2.47. The fourth-order valence-corrected chi connectivity index (χ4v) is 3.21. The van der Waals surface area contributed by atoms with E-state index >= 15 is 0 Å². The van der Waals surface area contributed by atoms with Gasteiger partial charge in [0.05, 0.1) is 6.04 Å². The van der Waals surface area contributed by atoms with Gasteiger partial charge in [-0.3, -0.25) is 9.69 Å². The maximum Gasteiger partial charge on any atom is 0.240 e. The van der Waals surface area contributed by atoms with Crippen molar-refractivity contribution in [3.8, 4) is 0 Å². The van der Waals surface area contributed by atoms with Gasteiger partial charge in [-0.15, -0.1) is 0 Å². The highest BCUT2D eigenvalue weighted by molar-refractivity contribution is 5.82. The highest BCUT2D eigenvalue weighted by atomic mass is 16.3. The van der Waals surface area contributed by atoms with Crippen LogP contribution in [-0.4, -0.2) is 60.1 Å². The molecule has 1 aliphatic heterocycles. The van der Waals surface area contributed by atoms with Crippen LogP contribution >= 0.6 is 0 Å². The van der Waals surface area contributed by atoms with Gasteiger partial charge in [0.15, 0.2) is 0 Å². The van der Waals surface area contributed by atoms with Crippen molar-refractivity contribution in [3.63, 3.8) is 0 Å². The molecular formula is C20H30N2O2. The second-order valence-electron chi connectivity index (χ2n) is 6.52. The first-order valence-corrected chi connectivity index (χ1v) is 9.04. The van der Waals surface area contributed by atoms with E-state index < -0.39 is 0 Å². The van der Waals surface area contributed by atoms with Crippen molar-refractivity contribution in [2.45, 2.75) is 38.1 Å². The number of nitrogens with zero attached hydrogens (tertiary/aromatic N) is 2. The lowest BCUT2D eigenvalue weighted by molar-refractivity contribution is -0.136. The molecule has 1 aromatic carbocycles. The van der Waals surface area contributed by atoms with Gasteiger partial charge in [0, 0.05) is 19.7 Å². The number of aliphatic hydroxyl groups excluding tert-OH is 1. The Balaban J connectivity index is 2.00. The van der Waals surface area contributed by atoms with E-state index in [9.17, 15) is 4.79 Å². The normalized spacial score (nSPS) is 19.3. The summed E-state index contributed by atoms with van der Waals surface area (Å²) in [5.74, 6) is 0.200. The number of benzene rings is 1. The third kappa shape index (κ3) is 5.77. The largest absolute Gasteiger partial charge is 0.396 e. The van der Waals surface area contributed by atoms with Gasteiger partial charge in [-0.2, -0.15) is 0 Å². The Hall–Kier alpha value is -1.65. The predicted octanol–water partition coefficient (Wildman–Crippen LogP) is 2.79. The SMILES string of the molecule is CN1CCCCCC1C(=O)N(C/C=C/c1ccccc1)CCCO. The van der Waals surface area contributed by atoms with Crippen molar-refractivity contribution in [2.24, 2.45) is 0 Å².